The highest BCUT2D eigenvalue weighted by atomic mass is 32.1. The normalized spacial score (nSPS) is 21.8. The number of hydrogen-bond donors (Lipinski definition) is 1. The van der Waals surface area contributed by atoms with Gasteiger partial charge in [0.05, 0.1) is 30.9 Å². The van der Waals surface area contributed by atoms with Gasteiger partial charge in [-0.15, -0.1) is 0 Å². The molecular weight excluding hydrogens is 404 g/mol. The highest BCUT2D eigenvalue weighted by Gasteiger charge is 2.48. The average Bonchev–Trinajstić information content (AvgIpc) is 2.72. The number of carbonyl (C=O) groups excluding carboxylic acids is 2. The van der Waals surface area contributed by atoms with Crippen LogP contribution in [0, 0.1) is 0 Å². The summed E-state index contributed by atoms with van der Waals surface area (Å²) in [6.45, 7) is 4.03. The minimum atomic E-state index is -0.764. The Labute approximate surface area is 179 Å². The second kappa shape index (κ2) is 7.60. The van der Waals surface area contributed by atoms with Crippen LogP contribution in [0.3, 0.4) is 0 Å². The van der Waals surface area contributed by atoms with Crippen molar-refractivity contribution in [2.75, 3.05) is 18.6 Å². The fourth-order valence-electron chi connectivity index (χ4n) is 4.00. The molecule has 2 aromatic carbocycles. The van der Waals surface area contributed by atoms with E-state index in [0.29, 0.717) is 35.0 Å². The smallest absolute Gasteiger partial charge is 0.338 e. The number of nitrogens with zero attached hydrogens (tertiary/aromatic N) is 1. The third-order valence-corrected chi connectivity index (χ3v) is 5.61. The quantitative estimate of drug-likeness (QED) is 0.587. The van der Waals surface area contributed by atoms with Crippen LogP contribution in [-0.2, 0) is 9.47 Å². The first-order valence-electron chi connectivity index (χ1n) is 9.65. The molecule has 1 fully saturated rings. The van der Waals surface area contributed by atoms with Gasteiger partial charge in [0, 0.05) is 17.7 Å². The first kappa shape index (κ1) is 20.2. The summed E-state index contributed by atoms with van der Waals surface area (Å²) in [6.07, 6.45) is 0.592. The van der Waals surface area contributed by atoms with E-state index in [9.17, 15) is 9.59 Å². The molecule has 2 aliphatic heterocycles. The highest BCUT2D eigenvalue weighted by Crippen LogP contribution is 2.46. The zero-order valence-corrected chi connectivity index (χ0v) is 17.7. The van der Waals surface area contributed by atoms with Crippen LogP contribution in [0.2, 0.25) is 0 Å². The number of nitrogens with one attached hydrogen (secondary N) is 1. The van der Waals surface area contributed by atoms with Crippen molar-refractivity contribution >= 4 is 35.0 Å². The van der Waals surface area contributed by atoms with Gasteiger partial charge in [0.2, 0.25) is 0 Å². The van der Waals surface area contributed by atoms with Crippen molar-refractivity contribution in [3.8, 4) is 5.75 Å². The number of benzene rings is 2. The molecule has 0 saturated carbocycles. The van der Waals surface area contributed by atoms with E-state index in [1.807, 2.05) is 17.9 Å². The van der Waals surface area contributed by atoms with Gasteiger partial charge in [-0.2, -0.15) is 0 Å². The van der Waals surface area contributed by atoms with Crippen molar-refractivity contribution in [1.29, 1.82) is 0 Å². The van der Waals surface area contributed by atoms with Gasteiger partial charge in [0.15, 0.2) is 10.8 Å². The lowest BCUT2D eigenvalue weighted by molar-refractivity contribution is 0.0487. The fraction of sp³-hybridized carbons (Fsp3) is 0.318. The predicted octanol–water partition coefficient (Wildman–Crippen LogP) is 3.58. The summed E-state index contributed by atoms with van der Waals surface area (Å²) < 4.78 is 16.3. The molecule has 8 heteroatoms. The van der Waals surface area contributed by atoms with E-state index < -0.39 is 11.7 Å². The van der Waals surface area contributed by atoms with Crippen molar-refractivity contribution in [2.45, 2.75) is 32.0 Å². The van der Waals surface area contributed by atoms with Gasteiger partial charge in [0.25, 0.3) is 0 Å². The zero-order valence-electron chi connectivity index (χ0n) is 16.9. The molecular formula is C22H22N2O5S. The fourth-order valence-corrected chi connectivity index (χ4v) is 4.44. The number of fused-ring (bicyclic) bond motifs is 4. The maximum Gasteiger partial charge on any atom is 0.338 e. The zero-order chi connectivity index (χ0) is 21.5. The van der Waals surface area contributed by atoms with Gasteiger partial charge in [0.1, 0.15) is 5.75 Å². The van der Waals surface area contributed by atoms with Crippen molar-refractivity contribution in [3.05, 3.63) is 59.2 Å². The number of ether oxygens (including phenoxy) is 3. The lowest BCUT2D eigenvalue weighted by atomic mass is 9.89. The van der Waals surface area contributed by atoms with Crippen molar-refractivity contribution in [3.63, 3.8) is 0 Å². The van der Waals surface area contributed by atoms with Crippen LogP contribution >= 0.6 is 12.2 Å². The van der Waals surface area contributed by atoms with Crippen LogP contribution < -0.4 is 15.0 Å². The Kier molecular flexibility index (Phi) is 5.11. The number of thiocarbonyl (C=S) groups is 1. The van der Waals surface area contributed by atoms with E-state index in [1.54, 1.807) is 43.3 Å². The van der Waals surface area contributed by atoms with E-state index in [4.69, 9.17) is 26.4 Å². The van der Waals surface area contributed by atoms with Gasteiger partial charge in [-0.3, -0.25) is 4.90 Å². The molecule has 0 amide bonds. The van der Waals surface area contributed by atoms with Gasteiger partial charge >= 0.3 is 11.9 Å². The molecule has 156 valence electrons. The third-order valence-electron chi connectivity index (χ3n) is 5.31. The number of esters is 2. The summed E-state index contributed by atoms with van der Waals surface area (Å²) in [4.78, 5) is 26.0. The minimum absolute atomic E-state index is 0.111. The number of carbonyl (C=O) groups is 2. The van der Waals surface area contributed by atoms with E-state index in [0.717, 1.165) is 11.3 Å². The molecule has 0 aromatic heterocycles. The molecule has 0 unspecified atom stereocenters. The van der Waals surface area contributed by atoms with Gasteiger partial charge < -0.3 is 19.5 Å². The van der Waals surface area contributed by atoms with Crippen molar-refractivity contribution < 1.29 is 23.8 Å². The van der Waals surface area contributed by atoms with Crippen molar-refractivity contribution in [2.24, 2.45) is 0 Å². The Morgan fingerprint density at radius 1 is 1.23 bits per heavy atom. The van der Waals surface area contributed by atoms with E-state index in [-0.39, 0.29) is 12.0 Å². The third kappa shape index (κ3) is 3.37. The molecule has 7 nitrogen and oxygen atoms in total. The minimum Gasteiger partial charge on any atom is -0.467 e. The summed E-state index contributed by atoms with van der Waals surface area (Å²) in [5.41, 5.74) is 1.73. The predicted molar refractivity (Wildman–Crippen MR) is 115 cm³/mol. The Morgan fingerprint density at radius 2 is 2.00 bits per heavy atom. The summed E-state index contributed by atoms with van der Waals surface area (Å²) in [6, 6.07) is 12.2. The first-order chi connectivity index (χ1) is 14.4. The Hall–Kier alpha value is -3.13. The molecule has 0 radical (unpaired) electrons. The Bertz CT molecular complexity index is 1040. The molecule has 2 aliphatic rings. The van der Waals surface area contributed by atoms with Crippen LogP contribution in [0.25, 0.3) is 0 Å². The van der Waals surface area contributed by atoms with Gasteiger partial charge in [-0.25, -0.2) is 9.59 Å². The first-order valence-corrected chi connectivity index (χ1v) is 10.1. The average molecular weight is 426 g/mol. The monoisotopic (exact) mass is 426 g/mol. The summed E-state index contributed by atoms with van der Waals surface area (Å²) in [5.74, 6) is -0.117. The summed E-state index contributed by atoms with van der Waals surface area (Å²) in [7, 11) is 1.35. The van der Waals surface area contributed by atoms with E-state index >= 15 is 0 Å². The van der Waals surface area contributed by atoms with Crippen LogP contribution in [0.1, 0.15) is 52.6 Å². The lowest BCUT2D eigenvalue weighted by Crippen LogP contribution is -2.65. The number of hydrogen-bond acceptors (Lipinski definition) is 6. The Balaban J connectivity index is 1.70. The van der Waals surface area contributed by atoms with E-state index in [2.05, 4.69) is 5.32 Å². The highest BCUT2D eigenvalue weighted by molar-refractivity contribution is 7.80. The van der Waals surface area contributed by atoms with Crippen LogP contribution in [0.5, 0.6) is 5.75 Å². The second-order valence-corrected chi connectivity index (χ2v) is 7.72. The molecule has 1 saturated heterocycles. The van der Waals surface area contributed by atoms with E-state index in [1.165, 1.54) is 7.11 Å². The topological polar surface area (TPSA) is 77.1 Å². The van der Waals surface area contributed by atoms with Crippen molar-refractivity contribution in [1.82, 2.24) is 5.32 Å². The molecule has 2 heterocycles. The van der Waals surface area contributed by atoms with Gasteiger partial charge in [-0.05, 0) is 62.5 Å². The number of rotatable bonds is 4. The van der Waals surface area contributed by atoms with Crippen LogP contribution in [0.15, 0.2) is 42.5 Å². The molecule has 4 rings (SSSR count). The summed E-state index contributed by atoms with van der Waals surface area (Å²) >= 11 is 5.66. The van der Waals surface area contributed by atoms with Crippen LogP contribution in [-0.4, -0.2) is 36.5 Å². The molecule has 2 atom stereocenters. The van der Waals surface area contributed by atoms with Crippen LogP contribution in [0.4, 0.5) is 5.69 Å². The summed E-state index contributed by atoms with van der Waals surface area (Å²) in [5, 5.41) is 3.82. The Morgan fingerprint density at radius 3 is 2.73 bits per heavy atom. The SMILES string of the molecule is CCOC(=O)c1cccc(N2C(=S)N[C@H]3C[C@@]2(C)Oc2ccc(C(=O)OC)cc23)c1. The standard InChI is InChI=1S/C22H22N2O5S/c1-4-28-20(26)13-6-5-7-15(10-13)24-21(30)23-17-12-22(24,2)29-18-9-8-14(11-16(17)18)19(25)27-3/h5-11,17H,4,12H2,1-3H3,(H,23,30)/t17-,22+/m0/s1. The second-order valence-electron chi connectivity index (χ2n) is 7.33. The molecule has 0 aliphatic carbocycles. The maximum absolute atomic E-state index is 12.2. The lowest BCUT2D eigenvalue weighted by Gasteiger charge is -2.52. The molecule has 1 N–H and O–H groups in total. The molecule has 30 heavy (non-hydrogen) atoms. The molecule has 2 aromatic rings. The molecule has 0 spiro atoms. The maximum atomic E-state index is 12.2. The molecule has 2 bridgehead atoms. The number of methoxy groups -OCH3 is 1. The number of anilines is 1. The largest absolute Gasteiger partial charge is 0.467 e. The van der Waals surface area contributed by atoms with Gasteiger partial charge in [-0.1, -0.05) is 6.07 Å².